The number of carbonyl (C=O) groups excluding carboxylic acids is 4. The van der Waals surface area contributed by atoms with Crippen LogP contribution in [0.3, 0.4) is 0 Å². The molecular formula is C36H42N4O7. The van der Waals surface area contributed by atoms with E-state index in [1.54, 1.807) is 61.9 Å². The predicted octanol–water partition coefficient (Wildman–Crippen LogP) is 5.12. The molecule has 1 fully saturated rings. The summed E-state index contributed by atoms with van der Waals surface area (Å²) in [6.07, 6.45) is -0.0372. The van der Waals surface area contributed by atoms with Crippen molar-refractivity contribution in [3.8, 4) is 16.9 Å². The zero-order chi connectivity index (χ0) is 33.7. The van der Waals surface area contributed by atoms with Crippen molar-refractivity contribution < 1.29 is 33.4 Å². The fourth-order valence-corrected chi connectivity index (χ4v) is 5.83. The zero-order valence-electron chi connectivity index (χ0n) is 27.6. The van der Waals surface area contributed by atoms with Gasteiger partial charge in [0.1, 0.15) is 23.9 Å². The summed E-state index contributed by atoms with van der Waals surface area (Å²) < 4.78 is 16.5. The van der Waals surface area contributed by atoms with Crippen LogP contribution < -0.4 is 19.4 Å². The third-order valence-corrected chi connectivity index (χ3v) is 7.98. The number of carbonyl (C=O) groups is 4. The van der Waals surface area contributed by atoms with Crippen LogP contribution in [0.25, 0.3) is 11.1 Å². The van der Waals surface area contributed by atoms with Gasteiger partial charge in [0.2, 0.25) is 5.91 Å². The Balaban J connectivity index is 1.52. The van der Waals surface area contributed by atoms with Crippen LogP contribution in [-0.2, 0) is 23.9 Å². The van der Waals surface area contributed by atoms with E-state index in [0.29, 0.717) is 42.4 Å². The number of hydrogen-bond acceptors (Lipinski definition) is 7. The minimum atomic E-state index is -1.05. The fourth-order valence-electron chi connectivity index (χ4n) is 5.83. The molecule has 2 aliphatic heterocycles. The summed E-state index contributed by atoms with van der Waals surface area (Å²) in [6, 6.07) is 21.5. The number of methoxy groups -OCH3 is 1. The van der Waals surface area contributed by atoms with Crippen molar-refractivity contribution >= 4 is 40.9 Å². The van der Waals surface area contributed by atoms with Gasteiger partial charge in [-0.2, -0.15) is 0 Å². The number of benzene rings is 3. The lowest BCUT2D eigenvalue weighted by Gasteiger charge is -2.42. The molecule has 1 unspecified atom stereocenters. The molecule has 0 N–H and O–H groups in total. The van der Waals surface area contributed by atoms with Crippen LogP contribution in [0, 0.1) is 0 Å². The minimum Gasteiger partial charge on any atom is -0.482 e. The van der Waals surface area contributed by atoms with Crippen molar-refractivity contribution in [1.29, 1.82) is 0 Å². The standard InChI is InChI=1S/C36H42N4O7/c1-6-38(27-16-17-31-29(21-27)39(18-11-19-45-5)33(42)24-46-31)34(43)30-22-37(35(44)47-36(2,3)4)23-32(41)40(30)28-15-10-14-26(20-28)25-12-8-7-9-13-25/h7-10,12-17,20-21,30H,6,11,18-19,22-24H2,1-5H3. The molecule has 1 atom stereocenters. The monoisotopic (exact) mass is 642 g/mol. The Kier molecular flexibility index (Phi) is 10.1. The average molecular weight is 643 g/mol. The predicted molar refractivity (Wildman–Crippen MR) is 180 cm³/mol. The van der Waals surface area contributed by atoms with Crippen LogP contribution in [0.2, 0.25) is 0 Å². The van der Waals surface area contributed by atoms with Crippen LogP contribution in [-0.4, -0.2) is 86.9 Å². The first-order valence-electron chi connectivity index (χ1n) is 15.8. The summed E-state index contributed by atoms with van der Waals surface area (Å²) in [5.41, 5.74) is 2.71. The van der Waals surface area contributed by atoms with E-state index in [1.165, 1.54) is 9.80 Å². The molecule has 11 heteroatoms. The number of ether oxygens (including phenoxy) is 3. The Bertz CT molecular complexity index is 1620. The van der Waals surface area contributed by atoms with Gasteiger partial charge < -0.3 is 24.0 Å². The molecule has 0 spiro atoms. The number of piperazine rings is 1. The van der Waals surface area contributed by atoms with Crippen LogP contribution in [0.5, 0.6) is 5.75 Å². The maximum Gasteiger partial charge on any atom is 0.410 e. The molecule has 0 aliphatic carbocycles. The van der Waals surface area contributed by atoms with Crippen molar-refractivity contribution in [2.45, 2.75) is 45.8 Å². The molecule has 47 heavy (non-hydrogen) atoms. The lowest BCUT2D eigenvalue weighted by Crippen LogP contribution is -2.63. The Morgan fingerprint density at radius 1 is 0.957 bits per heavy atom. The van der Waals surface area contributed by atoms with Crippen molar-refractivity contribution in [2.75, 3.05) is 61.2 Å². The van der Waals surface area contributed by atoms with Gasteiger partial charge in [-0.25, -0.2) is 4.79 Å². The van der Waals surface area contributed by atoms with Crippen molar-refractivity contribution in [3.05, 3.63) is 72.8 Å². The number of amides is 4. The molecule has 0 saturated carbocycles. The molecule has 3 aromatic rings. The largest absolute Gasteiger partial charge is 0.482 e. The normalized spacial score (nSPS) is 16.4. The van der Waals surface area contributed by atoms with Gasteiger partial charge in [-0.05, 0) is 75.6 Å². The first-order valence-corrected chi connectivity index (χ1v) is 15.8. The molecular weight excluding hydrogens is 600 g/mol. The van der Waals surface area contributed by atoms with Crippen LogP contribution in [0.1, 0.15) is 34.1 Å². The van der Waals surface area contributed by atoms with Crippen LogP contribution >= 0.6 is 0 Å². The second-order valence-corrected chi connectivity index (χ2v) is 12.5. The highest BCUT2D eigenvalue weighted by Gasteiger charge is 2.43. The van der Waals surface area contributed by atoms with Crippen LogP contribution in [0.4, 0.5) is 21.9 Å². The third-order valence-electron chi connectivity index (χ3n) is 7.98. The number of anilines is 3. The summed E-state index contributed by atoms with van der Waals surface area (Å²) in [5, 5.41) is 0. The number of hydrogen-bond donors (Lipinski definition) is 0. The second-order valence-electron chi connectivity index (χ2n) is 12.5. The lowest BCUT2D eigenvalue weighted by atomic mass is 10.0. The van der Waals surface area contributed by atoms with E-state index in [0.717, 1.165) is 11.1 Å². The summed E-state index contributed by atoms with van der Waals surface area (Å²) in [5.74, 6) is -0.434. The Morgan fingerprint density at radius 2 is 1.70 bits per heavy atom. The Morgan fingerprint density at radius 3 is 2.40 bits per heavy atom. The van der Waals surface area contributed by atoms with E-state index in [4.69, 9.17) is 14.2 Å². The molecule has 248 valence electrons. The molecule has 1 saturated heterocycles. The van der Waals surface area contributed by atoms with E-state index < -0.39 is 23.6 Å². The molecule has 2 aliphatic rings. The van der Waals surface area contributed by atoms with E-state index >= 15 is 0 Å². The number of nitrogens with zero attached hydrogens (tertiary/aromatic N) is 4. The third kappa shape index (κ3) is 7.57. The summed E-state index contributed by atoms with van der Waals surface area (Å²) >= 11 is 0. The van der Waals surface area contributed by atoms with Crippen molar-refractivity contribution in [1.82, 2.24) is 4.90 Å². The van der Waals surface area contributed by atoms with Gasteiger partial charge in [-0.15, -0.1) is 0 Å². The van der Waals surface area contributed by atoms with Gasteiger partial charge >= 0.3 is 6.09 Å². The molecule has 11 nitrogen and oxygen atoms in total. The number of likely N-dealkylation sites (N-methyl/N-ethyl adjacent to an activating group) is 1. The maximum atomic E-state index is 14.6. The lowest BCUT2D eigenvalue weighted by molar-refractivity contribution is -0.128. The van der Waals surface area contributed by atoms with E-state index in [-0.39, 0.29) is 38.1 Å². The van der Waals surface area contributed by atoms with Gasteiger partial charge in [-0.3, -0.25) is 24.2 Å². The Labute approximate surface area is 275 Å². The highest BCUT2D eigenvalue weighted by atomic mass is 16.6. The highest BCUT2D eigenvalue weighted by molar-refractivity contribution is 6.09. The number of fused-ring (bicyclic) bond motifs is 1. The van der Waals surface area contributed by atoms with Crippen molar-refractivity contribution in [3.63, 3.8) is 0 Å². The molecule has 5 rings (SSSR count). The van der Waals surface area contributed by atoms with E-state index in [2.05, 4.69) is 0 Å². The smallest absolute Gasteiger partial charge is 0.410 e. The van der Waals surface area contributed by atoms with Crippen molar-refractivity contribution in [2.24, 2.45) is 0 Å². The highest BCUT2D eigenvalue weighted by Crippen LogP contribution is 2.37. The van der Waals surface area contributed by atoms with Crippen LogP contribution in [0.15, 0.2) is 72.8 Å². The van der Waals surface area contributed by atoms with E-state index in [1.807, 2.05) is 55.5 Å². The van der Waals surface area contributed by atoms with E-state index in [9.17, 15) is 19.2 Å². The molecule has 2 heterocycles. The first-order chi connectivity index (χ1) is 22.5. The fraction of sp³-hybridized carbons (Fsp3) is 0.389. The molecule has 0 radical (unpaired) electrons. The zero-order valence-corrected chi connectivity index (χ0v) is 27.6. The quantitative estimate of drug-likeness (QED) is 0.298. The average Bonchev–Trinajstić information content (AvgIpc) is 3.05. The molecule has 4 amide bonds. The summed E-state index contributed by atoms with van der Waals surface area (Å²) in [6.45, 7) is 7.91. The molecule has 3 aromatic carbocycles. The van der Waals surface area contributed by atoms with Gasteiger partial charge in [0, 0.05) is 38.2 Å². The Hall–Kier alpha value is -4.90. The number of rotatable bonds is 9. The molecule has 0 aromatic heterocycles. The SMILES string of the molecule is CCN(C(=O)C1CN(C(=O)OC(C)(C)C)CC(=O)N1c1cccc(-c2ccccc2)c1)c1ccc2c(c1)N(CCCOC)C(=O)CO2. The summed E-state index contributed by atoms with van der Waals surface area (Å²) in [4.78, 5) is 60.6. The summed E-state index contributed by atoms with van der Waals surface area (Å²) in [7, 11) is 1.61. The van der Waals surface area contributed by atoms with Gasteiger partial charge in [0.15, 0.2) is 6.61 Å². The van der Waals surface area contributed by atoms with Gasteiger partial charge in [0.25, 0.3) is 11.8 Å². The molecule has 0 bridgehead atoms. The van der Waals surface area contributed by atoms with Gasteiger partial charge in [-0.1, -0.05) is 42.5 Å². The second kappa shape index (κ2) is 14.3. The maximum absolute atomic E-state index is 14.6. The topological polar surface area (TPSA) is 109 Å². The van der Waals surface area contributed by atoms with Gasteiger partial charge in [0.05, 0.1) is 12.2 Å². The first kappa shape index (κ1) is 33.5. The minimum absolute atomic E-state index is 0.0682.